The molecule has 5 nitrogen and oxygen atoms in total. The van der Waals surface area contributed by atoms with Gasteiger partial charge in [-0.05, 0) is 38.8 Å². The molecule has 0 saturated carbocycles. The number of carbonyl (C=O) groups is 2. The van der Waals surface area contributed by atoms with Crippen LogP contribution in [0.15, 0.2) is 29.3 Å². The van der Waals surface area contributed by atoms with Crippen molar-refractivity contribution in [3.05, 3.63) is 29.3 Å². The monoisotopic (exact) mass is 315 g/mol. The van der Waals surface area contributed by atoms with Crippen LogP contribution in [0.2, 0.25) is 0 Å². The number of imide groups is 1. The van der Waals surface area contributed by atoms with Crippen molar-refractivity contribution < 1.29 is 19.1 Å². The fourth-order valence-electron chi connectivity index (χ4n) is 3.46. The van der Waals surface area contributed by atoms with Crippen molar-refractivity contribution >= 4 is 17.5 Å². The van der Waals surface area contributed by atoms with Gasteiger partial charge in [-0.1, -0.05) is 11.1 Å². The average molecular weight is 315 g/mol. The Kier molecular flexibility index (Phi) is 3.88. The van der Waals surface area contributed by atoms with E-state index < -0.39 is 0 Å². The molecule has 0 spiro atoms. The Morgan fingerprint density at radius 1 is 0.957 bits per heavy atom. The maximum absolute atomic E-state index is 12.9. The van der Waals surface area contributed by atoms with Crippen molar-refractivity contribution in [3.63, 3.8) is 0 Å². The van der Waals surface area contributed by atoms with Crippen LogP contribution in [0.5, 0.6) is 11.5 Å². The van der Waals surface area contributed by atoms with Gasteiger partial charge >= 0.3 is 0 Å². The summed E-state index contributed by atoms with van der Waals surface area (Å²) in [6, 6.07) is 5.14. The molecular weight excluding hydrogens is 294 g/mol. The summed E-state index contributed by atoms with van der Waals surface area (Å²) in [5, 5.41) is 0. The highest BCUT2D eigenvalue weighted by Crippen LogP contribution is 2.44. The second kappa shape index (κ2) is 5.72. The van der Waals surface area contributed by atoms with Gasteiger partial charge in [0.15, 0.2) is 0 Å². The van der Waals surface area contributed by atoms with Crippen LogP contribution in [0.4, 0.5) is 5.69 Å². The SMILES string of the molecule is COc1ccc(OC)c(N2C(=O)C3CC(C)=C(C)CC3C2=O)c1. The van der Waals surface area contributed by atoms with Gasteiger partial charge < -0.3 is 9.47 Å². The van der Waals surface area contributed by atoms with Crippen LogP contribution < -0.4 is 14.4 Å². The zero-order valence-corrected chi connectivity index (χ0v) is 13.9. The van der Waals surface area contributed by atoms with E-state index in [1.54, 1.807) is 25.3 Å². The number of fused-ring (bicyclic) bond motifs is 1. The summed E-state index contributed by atoms with van der Waals surface area (Å²) >= 11 is 0. The minimum atomic E-state index is -0.262. The van der Waals surface area contributed by atoms with Crippen molar-refractivity contribution in [2.45, 2.75) is 26.7 Å². The summed E-state index contributed by atoms with van der Waals surface area (Å²) in [4.78, 5) is 27.0. The van der Waals surface area contributed by atoms with Crippen LogP contribution in [-0.2, 0) is 9.59 Å². The summed E-state index contributed by atoms with van der Waals surface area (Å²) < 4.78 is 10.6. The largest absolute Gasteiger partial charge is 0.497 e. The van der Waals surface area contributed by atoms with E-state index in [2.05, 4.69) is 0 Å². The number of nitrogens with zero attached hydrogens (tertiary/aromatic N) is 1. The van der Waals surface area contributed by atoms with Gasteiger partial charge in [0, 0.05) is 6.07 Å². The molecule has 0 N–H and O–H groups in total. The summed E-state index contributed by atoms with van der Waals surface area (Å²) in [5.74, 6) is 0.273. The van der Waals surface area contributed by atoms with Crippen molar-refractivity contribution in [2.75, 3.05) is 19.1 Å². The van der Waals surface area contributed by atoms with Gasteiger partial charge in [-0.2, -0.15) is 0 Å². The maximum atomic E-state index is 12.9. The standard InChI is InChI=1S/C18H21NO4/c1-10-7-13-14(8-11(10)2)18(21)19(17(13)20)15-9-12(22-3)5-6-16(15)23-4/h5-6,9,13-14H,7-8H2,1-4H3. The number of methoxy groups -OCH3 is 2. The molecule has 3 rings (SSSR count). The molecule has 1 heterocycles. The molecule has 0 aromatic heterocycles. The van der Waals surface area contributed by atoms with Gasteiger partial charge in [0.2, 0.25) is 11.8 Å². The molecule has 23 heavy (non-hydrogen) atoms. The van der Waals surface area contributed by atoms with Crippen molar-refractivity contribution in [3.8, 4) is 11.5 Å². The Labute approximate surface area is 135 Å². The molecule has 1 aromatic carbocycles. The zero-order valence-electron chi connectivity index (χ0n) is 13.9. The molecule has 2 amide bonds. The van der Waals surface area contributed by atoms with E-state index in [0.29, 0.717) is 30.0 Å². The maximum Gasteiger partial charge on any atom is 0.238 e. The van der Waals surface area contributed by atoms with Crippen molar-refractivity contribution in [1.82, 2.24) is 0 Å². The Morgan fingerprint density at radius 3 is 2.00 bits per heavy atom. The lowest BCUT2D eigenvalue weighted by molar-refractivity contribution is -0.122. The molecule has 0 radical (unpaired) electrons. The van der Waals surface area contributed by atoms with Gasteiger partial charge in [0.25, 0.3) is 0 Å². The molecule has 1 aliphatic carbocycles. The molecule has 0 bridgehead atoms. The molecular formula is C18H21NO4. The first-order valence-corrected chi connectivity index (χ1v) is 7.73. The number of amides is 2. The lowest BCUT2D eigenvalue weighted by Crippen LogP contribution is -2.31. The zero-order chi connectivity index (χ0) is 16.7. The highest BCUT2D eigenvalue weighted by atomic mass is 16.5. The molecule has 5 heteroatoms. The van der Waals surface area contributed by atoms with E-state index in [9.17, 15) is 9.59 Å². The van der Waals surface area contributed by atoms with Crippen LogP contribution in [0.25, 0.3) is 0 Å². The third kappa shape index (κ3) is 2.40. The van der Waals surface area contributed by atoms with Crippen LogP contribution in [0.3, 0.4) is 0 Å². The number of benzene rings is 1. The molecule has 1 fully saturated rings. The lowest BCUT2D eigenvalue weighted by atomic mass is 9.78. The van der Waals surface area contributed by atoms with E-state index in [-0.39, 0.29) is 23.7 Å². The smallest absolute Gasteiger partial charge is 0.238 e. The van der Waals surface area contributed by atoms with Crippen molar-refractivity contribution in [2.24, 2.45) is 11.8 Å². The highest BCUT2D eigenvalue weighted by molar-refractivity contribution is 6.23. The van der Waals surface area contributed by atoms with Gasteiger partial charge in [-0.15, -0.1) is 0 Å². The highest BCUT2D eigenvalue weighted by Gasteiger charge is 2.50. The van der Waals surface area contributed by atoms with E-state index in [1.165, 1.54) is 23.2 Å². The molecule has 2 atom stereocenters. The summed E-state index contributed by atoms with van der Waals surface area (Å²) in [5.41, 5.74) is 2.89. The predicted molar refractivity (Wildman–Crippen MR) is 86.6 cm³/mol. The summed E-state index contributed by atoms with van der Waals surface area (Å²) in [7, 11) is 3.08. The van der Waals surface area contributed by atoms with Gasteiger partial charge in [0.05, 0.1) is 31.7 Å². The molecule has 122 valence electrons. The van der Waals surface area contributed by atoms with Gasteiger partial charge in [-0.25, -0.2) is 4.90 Å². The topological polar surface area (TPSA) is 55.8 Å². The number of allylic oxidation sites excluding steroid dienone is 2. The first-order chi connectivity index (χ1) is 11.0. The van der Waals surface area contributed by atoms with Gasteiger partial charge in [0.1, 0.15) is 11.5 Å². The molecule has 2 aliphatic rings. The summed E-state index contributed by atoms with van der Waals surface area (Å²) in [6.45, 7) is 4.08. The second-order valence-corrected chi connectivity index (χ2v) is 6.23. The molecule has 1 aromatic rings. The van der Waals surface area contributed by atoms with E-state index in [1.807, 2.05) is 13.8 Å². The Bertz CT molecular complexity index is 675. The average Bonchev–Trinajstić information content (AvgIpc) is 2.78. The number of hydrogen-bond acceptors (Lipinski definition) is 4. The first-order valence-electron chi connectivity index (χ1n) is 7.73. The summed E-state index contributed by atoms with van der Waals surface area (Å²) in [6.07, 6.45) is 1.31. The fourth-order valence-corrected chi connectivity index (χ4v) is 3.46. The van der Waals surface area contributed by atoms with Crippen LogP contribution in [0.1, 0.15) is 26.7 Å². The minimum Gasteiger partial charge on any atom is -0.497 e. The molecule has 1 aliphatic heterocycles. The third-order valence-electron chi connectivity index (χ3n) is 4.97. The Hall–Kier alpha value is -2.30. The molecule has 1 saturated heterocycles. The van der Waals surface area contributed by atoms with Crippen molar-refractivity contribution in [1.29, 1.82) is 0 Å². The predicted octanol–water partition coefficient (Wildman–Crippen LogP) is 2.94. The Balaban J connectivity index is 2.03. The third-order valence-corrected chi connectivity index (χ3v) is 4.97. The number of anilines is 1. The number of rotatable bonds is 3. The Morgan fingerprint density at radius 2 is 1.52 bits per heavy atom. The van der Waals surface area contributed by atoms with Gasteiger partial charge in [-0.3, -0.25) is 9.59 Å². The number of carbonyl (C=O) groups excluding carboxylic acids is 2. The number of hydrogen-bond donors (Lipinski definition) is 0. The minimum absolute atomic E-state index is 0.140. The van der Waals surface area contributed by atoms with E-state index in [4.69, 9.17) is 9.47 Å². The van der Waals surface area contributed by atoms with Crippen LogP contribution >= 0.6 is 0 Å². The van der Waals surface area contributed by atoms with Crippen LogP contribution in [0, 0.1) is 11.8 Å². The fraction of sp³-hybridized carbons (Fsp3) is 0.444. The van der Waals surface area contributed by atoms with E-state index >= 15 is 0 Å². The normalized spacial score (nSPS) is 24.1. The number of ether oxygens (including phenoxy) is 2. The quantitative estimate of drug-likeness (QED) is 0.636. The first kappa shape index (κ1) is 15.6. The van der Waals surface area contributed by atoms with E-state index in [0.717, 1.165) is 0 Å². The van der Waals surface area contributed by atoms with Crippen LogP contribution in [-0.4, -0.2) is 26.0 Å². The second-order valence-electron chi connectivity index (χ2n) is 6.23. The molecule has 2 unspecified atom stereocenters. The lowest BCUT2D eigenvalue weighted by Gasteiger charge is -2.23.